The zero-order valence-corrected chi connectivity index (χ0v) is 7.58. The molecule has 0 saturated heterocycles. The molecular weight excluding hydrogens is 158 g/mol. The number of carboxylic acid groups (broad SMARTS) is 1. The van der Waals surface area contributed by atoms with E-state index >= 15 is 0 Å². The maximum absolute atomic E-state index is 10.7. The Balaban J connectivity index is 4.49. The van der Waals surface area contributed by atoms with E-state index in [-0.39, 0.29) is 6.54 Å². The number of likely N-dealkylation sites (N-methyl/N-ethyl adjacent to an activating group) is 1. The van der Waals surface area contributed by atoms with Crippen LogP contribution in [0, 0.1) is 0 Å². The van der Waals surface area contributed by atoms with E-state index in [4.69, 9.17) is 4.84 Å². The van der Waals surface area contributed by atoms with Gasteiger partial charge in [0.2, 0.25) is 0 Å². The van der Waals surface area contributed by atoms with Gasteiger partial charge in [-0.25, -0.2) is 0 Å². The van der Waals surface area contributed by atoms with E-state index in [2.05, 4.69) is 6.58 Å². The minimum Gasteiger partial charge on any atom is -0.496 e. The third kappa shape index (κ3) is 2.32. The Bertz CT molecular complexity index is 170. The van der Waals surface area contributed by atoms with Crippen molar-refractivity contribution in [1.29, 1.82) is 0 Å². The predicted octanol–water partition coefficient (Wildman–Crippen LogP) is 0.304. The first kappa shape index (κ1) is 11.1. The van der Waals surface area contributed by atoms with Gasteiger partial charge in [0.05, 0.1) is 0 Å². The van der Waals surface area contributed by atoms with Crippen LogP contribution in [0.1, 0.15) is 13.8 Å². The lowest BCUT2D eigenvalue weighted by atomic mass is 10.5. The average molecular weight is 173 g/mol. The summed E-state index contributed by atoms with van der Waals surface area (Å²) in [6, 6.07) is 0. The maximum Gasteiger partial charge on any atom is 0.292 e. The summed E-state index contributed by atoms with van der Waals surface area (Å²) in [6.07, 6.45) is 0.286. The van der Waals surface area contributed by atoms with E-state index in [9.17, 15) is 9.90 Å². The second kappa shape index (κ2) is 4.90. The summed E-state index contributed by atoms with van der Waals surface area (Å²) in [5, 5.41) is 10.7. The molecule has 0 radical (unpaired) electrons. The van der Waals surface area contributed by atoms with E-state index in [1.54, 1.807) is 13.8 Å². The highest BCUT2D eigenvalue weighted by molar-refractivity contribution is 5.53. The second-order valence-electron chi connectivity index (χ2n) is 2.36. The summed E-state index contributed by atoms with van der Waals surface area (Å²) < 4.78 is -0.500. The number of carbonyl (C=O) groups is 1. The fourth-order valence-corrected chi connectivity index (χ4v) is 0.985. The standard InChI is InChI=1S/C8H15NO3/c1-4-7-9(5-2,8(10)11)12-6-3/h4H,1,5-7H2,2-3H3. The van der Waals surface area contributed by atoms with E-state index in [0.29, 0.717) is 13.2 Å². The lowest BCUT2D eigenvalue weighted by Crippen LogP contribution is -2.58. The predicted molar refractivity (Wildman–Crippen MR) is 42.9 cm³/mol. The number of hydroxylamine groups is 3. The summed E-state index contributed by atoms with van der Waals surface area (Å²) in [7, 11) is 0. The van der Waals surface area contributed by atoms with Crippen molar-refractivity contribution in [2.75, 3.05) is 19.7 Å². The van der Waals surface area contributed by atoms with Gasteiger partial charge in [-0.05, 0) is 19.9 Å². The molecule has 0 aromatic heterocycles. The van der Waals surface area contributed by atoms with Crippen LogP contribution in [0.15, 0.2) is 12.7 Å². The van der Waals surface area contributed by atoms with Gasteiger partial charge in [-0.3, -0.25) is 0 Å². The molecule has 1 atom stereocenters. The third-order valence-electron chi connectivity index (χ3n) is 1.64. The van der Waals surface area contributed by atoms with Crippen molar-refractivity contribution in [2.24, 2.45) is 0 Å². The first-order valence-corrected chi connectivity index (χ1v) is 3.97. The van der Waals surface area contributed by atoms with Crippen LogP contribution in [-0.2, 0) is 4.84 Å². The molecule has 0 aliphatic heterocycles. The van der Waals surface area contributed by atoms with Crippen LogP contribution in [0.2, 0.25) is 0 Å². The van der Waals surface area contributed by atoms with Crippen molar-refractivity contribution in [1.82, 2.24) is 0 Å². The molecule has 4 heteroatoms. The fourth-order valence-electron chi connectivity index (χ4n) is 0.985. The lowest BCUT2D eigenvalue weighted by molar-refractivity contribution is -1.05. The van der Waals surface area contributed by atoms with E-state index in [1.165, 1.54) is 6.08 Å². The summed E-state index contributed by atoms with van der Waals surface area (Å²) in [5.74, 6) is 0. The monoisotopic (exact) mass is 173 g/mol. The van der Waals surface area contributed by atoms with Crippen LogP contribution in [-0.4, -0.2) is 30.4 Å². The SMILES string of the molecule is C=CC[N+](CC)(OCC)C(=O)[O-]. The molecule has 0 aliphatic carbocycles. The summed E-state index contributed by atoms with van der Waals surface area (Å²) in [4.78, 5) is 15.8. The van der Waals surface area contributed by atoms with E-state index < -0.39 is 10.7 Å². The summed E-state index contributed by atoms with van der Waals surface area (Å²) >= 11 is 0. The molecule has 0 fully saturated rings. The smallest absolute Gasteiger partial charge is 0.292 e. The Morgan fingerprint density at radius 1 is 1.67 bits per heavy atom. The largest absolute Gasteiger partial charge is 0.496 e. The number of rotatable bonds is 5. The van der Waals surface area contributed by atoms with Crippen LogP contribution < -0.4 is 5.11 Å². The van der Waals surface area contributed by atoms with E-state index in [1.807, 2.05) is 0 Å². The van der Waals surface area contributed by atoms with Gasteiger partial charge in [0.15, 0.2) is 0 Å². The van der Waals surface area contributed by atoms with Gasteiger partial charge in [0.1, 0.15) is 19.7 Å². The number of nitrogens with zero attached hydrogens (tertiary/aromatic N) is 1. The average Bonchev–Trinajstić information content (AvgIpc) is 2.03. The minimum absolute atomic E-state index is 0.229. The first-order valence-electron chi connectivity index (χ1n) is 3.97. The highest BCUT2D eigenvalue weighted by Crippen LogP contribution is 2.07. The number of hydrogen-bond donors (Lipinski definition) is 0. The van der Waals surface area contributed by atoms with Crippen molar-refractivity contribution < 1.29 is 19.4 Å². The molecule has 70 valence electrons. The Kier molecular flexibility index (Phi) is 4.54. The van der Waals surface area contributed by atoms with Crippen LogP contribution >= 0.6 is 0 Å². The zero-order valence-electron chi connectivity index (χ0n) is 7.58. The molecule has 0 aromatic carbocycles. The molecule has 1 unspecified atom stereocenters. The van der Waals surface area contributed by atoms with Crippen LogP contribution in [0.3, 0.4) is 0 Å². The molecule has 0 N–H and O–H groups in total. The zero-order chi connectivity index (χ0) is 9.61. The van der Waals surface area contributed by atoms with Gasteiger partial charge in [0, 0.05) is 0 Å². The van der Waals surface area contributed by atoms with Crippen molar-refractivity contribution in [3.63, 3.8) is 0 Å². The van der Waals surface area contributed by atoms with Crippen molar-refractivity contribution in [3.05, 3.63) is 12.7 Å². The van der Waals surface area contributed by atoms with Gasteiger partial charge >= 0.3 is 0 Å². The van der Waals surface area contributed by atoms with Gasteiger partial charge in [0.25, 0.3) is 6.09 Å². The molecule has 12 heavy (non-hydrogen) atoms. The fraction of sp³-hybridized carbons (Fsp3) is 0.625. The molecule has 0 bridgehead atoms. The van der Waals surface area contributed by atoms with Crippen LogP contribution in [0.25, 0.3) is 0 Å². The molecule has 0 aromatic rings. The summed E-state index contributed by atoms with van der Waals surface area (Å²) in [5.41, 5.74) is 0. The quantitative estimate of drug-likeness (QED) is 0.341. The number of quaternary nitrogens is 1. The molecule has 0 saturated carbocycles. The number of carbonyl (C=O) groups excluding carboxylic acids is 1. The highest BCUT2D eigenvalue weighted by Gasteiger charge is 2.28. The van der Waals surface area contributed by atoms with Gasteiger partial charge in [-0.15, -0.1) is 4.65 Å². The normalized spacial score (nSPS) is 15.2. The van der Waals surface area contributed by atoms with E-state index in [0.717, 1.165) is 0 Å². The van der Waals surface area contributed by atoms with Crippen molar-refractivity contribution >= 4 is 6.09 Å². The Morgan fingerprint density at radius 2 is 2.25 bits per heavy atom. The molecule has 0 spiro atoms. The summed E-state index contributed by atoms with van der Waals surface area (Å²) in [6.45, 7) is 7.85. The van der Waals surface area contributed by atoms with Gasteiger partial charge in [-0.2, -0.15) is 4.84 Å². The highest BCUT2D eigenvalue weighted by atomic mass is 16.7. The molecule has 0 rings (SSSR count). The Hall–Kier alpha value is -0.870. The molecule has 0 aliphatic rings. The second-order valence-corrected chi connectivity index (χ2v) is 2.36. The van der Waals surface area contributed by atoms with Gasteiger partial charge in [-0.1, -0.05) is 6.58 Å². The molecule has 0 heterocycles. The van der Waals surface area contributed by atoms with Crippen LogP contribution in [0.4, 0.5) is 4.79 Å². The maximum atomic E-state index is 10.7. The number of hydrogen-bond acceptors (Lipinski definition) is 3. The van der Waals surface area contributed by atoms with Crippen molar-refractivity contribution in [2.45, 2.75) is 13.8 Å². The molecule has 1 amide bonds. The third-order valence-corrected chi connectivity index (χ3v) is 1.64. The Morgan fingerprint density at radius 3 is 2.50 bits per heavy atom. The molecule has 4 nitrogen and oxygen atoms in total. The topological polar surface area (TPSA) is 49.4 Å². The number of amides is 1. The van der Waals surface area contributed by atoms with Crippen molar-refractivity contribution in [3.8, 4) is 0 Å². The lowest BCUT2D eigenvalue weighted by Gasteiger charge is -2.32. The first-order chi connectivity index (χ1) is 5.63. The molecular formula is C8H15NO3. The Labute approximate surface area is 72.6 Å². The van der Waals surface area contributed by atoms with Gasteiger partial charge < -0.3 is 9.90 Å². The van der Waals surface area contributed by atoms with Crippen LogP contribution in [0.5, 0.6) is 0 Å². The minimum atomic E-state index is -1.22.